The highest BCUT2D eigenvalue weighted by atomic mass is 79.9. The van der Waals surface area contributed by atoms with Gasteiger partial charge in [0.05, 0.1) is 18.4 Å². The zero-order chi connectivity index (χ0) is 12.6. The predicted molar refractivity (Wildman–Crippen MR) is 68.5 cm³/mol. The van der Waals surface area contributed by atoms with E-state index in [-0.39, 0.29) is 17.5 Å². The smallest absolute Gasteiger partial charge is 0.234 e. The van der Waals surface area contributed by atoms with E-state index in [0.717, 1.165) is 4.47 Å². The molecule has 1 heterocycles. The predicted octanol–water partition coefficient (Wildman–Crippen LogP) is 1.76. The van der Waals surface area contributed by atoms with Crippen LogP contribution >= 0.6 is 15.9 Å². The van der Waals surface area contributed by atoms with Crippen LogP contribution in [0.15, 0.2) is 22.7 Å². The number of rotatable bonds is 1. The van der Waals surface area contributed by atoms with E-state index >= 15 is 0 Å². The van der Waals surface area contributed by atoms with E-state index in [1.54, 1.807) is 19.2 Å². The van der Waals surface area contributed by atoms with E-state index in [1.807, 2.05) is 0 Å². The molecule has 2 rings (SSSR count). The van der Waals surface area contributed by atoms with Crippen molar-refractivity contribution in [2.75, 3.05) is 12.8 Å². The van der Waals surface area contributed by atoms with Crippen LogP contribution in [-0.2, 0) is 11.4 Å². The molecule has 0 aromatic heterocycles. The second-order valence-electron chi connectivity index (χ2n) is 3.70. The highest BCUT2D eigenvalue weighted by Crippen LogP contribution is 2.26. The number of hydrogen-bond acceptors (Lipinski definition) is 2. The summed E-state index contributed by atoms with van der Waals surface area (Å²) in [6.07, 6.45) is 0. The molecule has 0 radical (unpaired) electrons. The summed E-state index contributed by atoms with van der Waals surface area (Å²) in [5.41, 5.74) is 0.422. The second kappa shape index (κ2) is 4.83. The topological polar surface area (TPSA) is 62.2 Å². The maximum absolute atomic E-state index is 13.7. The highest BCUT2D eigenvalue weighted by Gasteiger charge is 2.33. The number of halogens is 2. The minimum Gasteiger partial charge on any atom is -0.593 e. The van der Waals surface area contributed by atoms with Gasteiger partial charge in [-0.1, -0.05) is 15.9 Å². The van der Waals surface area contributed by atoms with E-state index in [0.29, 0.717) is 5.56 Å². The van der Waals surface area contributed by atoms with Crippen LogP contribution in [0.5, 0.6) is 0 Å². The molecule has 17 heavy (non-hydrogen) atoms. The van der Waals surface area contributed by atoms with Gasteiger partial charge in [-0.2, -0.15) is 4.31 Å². The molecule has 0 spiro atoms. The minimum atomic E-state index is -1.30. The summed E-state index contributed by atoms with van der Waals surface area (Å²) in [4.78, 5) is 0. The van der Waals surface area contributed by atoms with Crippen LogP contribution in [-0.4, -0.2) is 27.6 Å². The van der Waals surface area contributed by atoms with E-state index in [4.69, 9.17) is 5.41 Å². The van der Waals surface area contributed by atoms with Crippen molar-refractivity contribution in [3.8, 4) is 0 Å². The molecule has 2 atom stereocenters. The van der Waals surface area contributed by atoms with Crippen molar-refractivity contribution in [2.45, 2.75) is 6.04 Å². The Morgan fingerprint density at radius 3 is 3.00 bits per heavy atom. The zero-order valence-electron chi connectivity index (χ0n) is 9.04. The van der Waals surface area contributed by atoms with Gasteiger partial charge >= 0.3 is 0 Å². The molecule has 1 aromatic rings. The van der Waals surface area contributed by atoms with Crippen LogP contribution in [0.3, 0.4) is 0 Å². The third-order valence-corrected chi connectivity index (χ3v) is 4.48. The Morgan fingerprint density at radius 2 is 2.35 bits per heavy atom. The van der Waals surface area contributed by atoms with Crippen molar-refractivity contribution in [1.82, 2.24) is 9.62 Å². The molecule has 1 fully saturated rings. The van der Waals surface area contributed by atoms with Crippen molar-refractivity contribution in [2.24, 2.45) is 0 Å². The van der Waals surface area contributed by atoms with Gasteiger partial charge in [0.1, 0.15) is 11.9 Å². The average molecular weight is 320 g/mol. The molecule has 0 bridgehead atoms. The normalized spacial score (nSPS) is 24.7. The summed E-state index contributed by atoms with van der Waals surface area (Å²) in [5, 5.41) is 10.5. The summed E-state index contributed by atoms with van der Waals surface area (Å²) in [7, 11) is 1.57. The largest absolute Gasteiger partial charge is 0.593 e. The molecule has 2 N–H and O–H groups in total. The van der Waals surface area contributed by atoms with Crippen LogP contribution in [0.2, 0.25) is 0 Å². The monoisotopic (exact) mass is 319 g/mol. The molecule has 0 saturated carbocycles. The lowest BCUT2D eigenvalue weighted by Gasteiger charge is -2.33. The molecule has 1 aromatic carbocycles. The van der Waals surface area contributed by atoms with Crippen molar-refractivity contribution >= 4 is 33.3 Å². The number of guanidine groups is 1. The Labute approximate surface area is 110 Å². The first-order chi connectivity index (χ1) is 7.99. The van der Waals surface area contributed by atoms with Gasteiger partial charge in [-0.25, -0.2) is 4.39 Å². The molecule has 4 nitrogen and oxygen atoms in total. The van der Waals surface area contributed by atoms with Crippen molar-refractivity contribution in [1.29, 1.82) is 5.41 Å². The Balaban J connectivity index is 2.28. The summed E-state index contributed by atoms with van der Waals surface area (Å²) >= 11 is 1.97. The molecule has 2 unspecified atom stereocenters. The molecule has 0 amide bonds. The van der Waals surface area contributed by atoms with Crippen LogP contribution in [0, 0.1) is 11.2 Å². The van der Waals surface area contributed by atoms with Crippen LogP contribution < -0.4 is 5.32 Å². The molecule has 1 saturated heterocycles. The van der Waals surface area contributed by atoms with Gasteiger partial charge in [0.25, 0.3) is 0 Å². The maximum atomic E-state index is 13.7. The highest BCUT2D eigenvalue weighted by molar-refractivity contribution is 9.10. The standard InChI is InChI=1S/C10H11BrFN3OS/c1-15-10(13)14-9(5-17(15)16)7-4-6(11)2-3-8(7)12/h2-4,9H,5H2,1H3,(H2,13,14). The summed E-state index contributed by atoms with van der Waals surface area (Å²) in [6, 6.07) is 4.17. The molecule has 1 aliphatic heterocycles. The number of benzene rings is 1. The number of hydrogen-bond donors (Lipinski definition) is 2. The lowest BCUT2D eigenvalue weighted by atomic mass is 10.1. The van der Waals surface area contributed by atoms with E-state index in [9.17, 15) is 8.94 Å². The molecule has 0 aliphatic carbocycles. The summed E-state index contributed by atoms with van der Waals surface area (Å²) in [6.45, 7) is 0. The van der Waals surface area contributed by atoms with Gasteiger partial charge in [0, 0.05) is 10.0 Å². The molecule has 1 aliphatic rings. The zero-order valence-corrected chi connectivity index (χ0v) is 11.4. The molecular formula is C10H11BrFN3OS. The number of nitrogens with zero attached hydrogens (tertiary/aromatic N) is 1. The SMILES string of the molecule is CN1C(=N)NC(c2cc(Br)ccc2F)C[S+]1[O-]. The summed E-state index contributed by atoms with van der Waals surface area (Å²) < 4.78 is 27.5. The Bertz CT molecular complexity index is 459. The fourth-order valence-corrected chi connectivity index (χ4v) is 3.01. The third kappa shape index (κ3) is 2.56. The first-order valence-electron chi connectivity index (χ1n) is 4.91. The van der Waals surface area contributed by atoms with Crippen molar-refractivity contribution in [3.05, 3.63) is 34.1 Å². The fourth-order valence-electron chi connectivity index (χ4n) is 1.60. The summed E-state index contributed by atoms with van der Waals surface area (Å²) in [5.74, 6) is -0.0642. The second-order valence-corrected chi connectivity index (χ2v) is 6.14. The molecular weight excluding hydrogens is 309 g/mol. The molecule has 92 valence electrons. The first-order valence-corrected chi connectivity index (χ1v) is 6.98. The van der Waals surface area contributed by atoms with Crippen LogP contribution in [0.25, 0.3) is 0 Å². The van der Waals surface area contributed by atoms with Crippen LogP contribution in [0.1, 0.15) is 11.6 Å². The first kappa shape index (κ1) is 12.7. The van der Waals surface area contributed by atoms with E-state index in [2.05, 4.69) is 21.2 Å². The van der Waals surface area contributed by atoms with Crippen molar-refractivity contribution in [3.63, 3.8) is 0 Å². The van der Waals surface area contributed by atoms with Gasteiger partial charge in [-0.05, 0) is 18.2 Å². The van der Waals surface area contributed by atoms with Gasteiger partial charge in [0.15, 0.2) is 5.75 Å². The van der Waals surface area contributed by atoms with E-state index in [1.165, 1.54) is 10.4 Å². The Morgan fingerprint density at radius 1 is 1.65 bits per heavy atom. The fraction of sp³-hybridized carbons (Fsp3) is 0.300. The van der Waals surface area contributed by atoms with Crippen molar-refractivity contribution < 1.29 is 8.94 Å². The lowest BCUT2D eigenvalue weighted by Crippen LogP contribution is -2.52. The lowest BCUT2D eigenvalue weighted by molar-refractivity contribution is 0.495. The van der Waals surface area contributed by atoms with Gasteiger partial charge in [-0.15, -0.1) is 0 Å². The molecule has 7 heteroatoms. The third-order valence-electron chi connectivity index (χ3n) is 2.57. The Hall–Kier alpha value is -0.790. The minimum absolute atomic E-state index is 0.0407. The van der Waals surface area contributed by atoms with Crippen LogP contribution in [0.4, 0.5) is 4.39 Å². The Kier molecular flexibility index (Phi) is 3.60. The quantitative estimate of drug-likeness (QED) is 0.775. The van der Waals surface area contributed by atoms with Gasteiger partial charge < -0.3 is 9.87 Å². The average Bonchev–Trinajstić information content (AvgIpc) is 2.28. The van der Waals surface area contributed by atoms with Gasteiger partial charge in [0.2, 0.25) is 5.96 Å². The van der Waals surface area contributed by atoms with E-state index < -0.39 is 17.4 Å². The van der Waals surface area contributed by atoms with Gasteiger partial charge in [-0.3, -0.25) is 5.41 Å². The maximum Gasteiger partial charge on any atom is 0.234 e. The number of nitrogens with one attached hydrogen (secondary N) is 2.